The topological polar surface area (TPSA) is 39.4 Å². The van der Waals surface area contributed by atoms with Gasteiger partial charge in [0.05, 0.1) is 32.8 Å². The molecule has 0 aliphatic rings. The number of benzene rings is 1. The molecule has 1 heterocycles. The van der Waals surface area contributed by atoms with E-state index >= 15 is 0 Å². The number of hydrogen-bond acceptors (Lipinski definition) is 3. The van der Waals surface area contributed by atoms with Gasteiger partial charge in [-0.25, -0.2) is 4.79 Å². The Morgan fingerprint density at radius 3 is 2.43 bits per heavy atom. The van der Waals surface area contributed by atoms with Crippen molar-refractivity contribution in [2.75, 3.05) is 32.8 Å². The summed E-state index contributed by atoms with van der Waals surface area (Å²) in [5.41, 5.74) is 1.20. The first-order valence-electron chi connectivity index (χ1n) is 8.56. The molecule has 2 aromatic rings. The van der Waals surface area contributed by atoms with Crippen molar-refractivity contribution in [3.8, 4) is 5.75 Å². The standard InChI is InChI=1S/C19H28NO3/c1-5-20(6-2,7-3)11-8-12-22-16-9-10-17-15(4)13-19(21)23-18(17)14-16/h9-10,13-14H,5-8,11-12H2,1-4H3/q+1. The van der Waals surface area contributed by atoms with Gasteiger partial charge in [0.15, 0.2) is 0 Å². The summed E-state index contributed by atoms with van der Waals surface area (Å²) in [5, 5.41) is 0.954. The van der Waals surface area contributed by atoms with E-state index in [4.69, 9.17) is 9.15 Å². The van der Waals surface area contributed by atoms with Crippen LogP contribution in [0.3, 0.4) is 0 Å². The zero-order chi connectivity index (χ0) is 16.9. The third-order valence-corrected chi connectivity index (χ3v) is 4.98. The third-order valence-electron chi connectivity index (χ3n) is 4.98. The molecule has 1 aromatic carbocycles. The summed E-state index contributed by atoms with van der Waals surface area (Å²) >= 11 is 0. The van der Waals surface area contributed by atoms with Gasteiger partial charge in [0.2, 0.25) is 0 Å². The molecule has 0 fully saturated rings. The van der Waals surface area contributed by atoms with Crippen LogP contribution in [0.1, 0.15) is 32.8 Å². The SMILES string of the molecule is CC[N+](CC)(CC)CCCOc1ccc2c(C)cc(=O)oc2c1. The van der Waals surface area contributed by atoms with Crippen LogP contribution in [0, 0.1) is 6.92 Å². The average Bonchev–Trinajstić information content (AvgIpc) is 2.55. The van der Waals surface area contributed by atoms with Gasteiger partial charge >= 0.3 is 5.63 Å². The summed E-state index contributed by atoms with van der Waals surface area (Å²) in [6.07, 6.45) is 1.02. The molecular formula is C19H28NO3+. The van der Waals surface area contributed by atoms with Crippen LogP contribution in [0.2, 0.25) is 0 Å². The molecule has 0 aliphatic carbocycles. The minimum atomic E-state index is -0.317. The van der Waals surface area contributed by atoms with Gasteiger partial charge in [-0.1, -0.05) is 0 Å². The van der Waals surface area contributed by atoms with E-state index in [-0.39, 0.29) is 5.63 Å². The second-order valence-corrected chi connectivity index (χ2v) is 6.12. The van der Waals surface area contributed by atoms with Crippen molar-refractivity contribution >= 4 is 11.0 Å². The lowest BCUT2D eigenvalue weighted by Gasteiger charge is -2.35. The fourth-order valence-corrected chi connectivity index (χ4v) is 3.13. The Balaban J connectivity index is 1.99. The van der Waals surface area contributed by atoms with E-state index < -0.39 is 0 Å². The van der Waals surface area contributed by atoms with Crippen LogP contribution < -0.4 is 10.4 Å². The maximum Gasteiger partial charge on any atom is 0.336 e. The first-order valence-corrected chi connectivity index (χ1v) is 8.56. The van der Waals surface area contributed by atoms with E-state index in [9.17, 15) is 4.79 Å². The molecule has 0 spiro atoms. The van der Waals surface area contributed by atoms with Gasteiger partial charge in [0.25, 0.3) is 0 Å². The first-order chi connectivity index (χ1) is 11.0. The Labute approximate surface area is 138 Å². The van der Waals surface area contributed by atoms with Crippen molar-refractivity contribution < 1.29 is 13.6 Å². The van der Waals surface area contributed by atoms with Crippen molar-refractivity contribution in [2.45, 2.75) is 34.1 Å². The summed E-state index contributed by atoms with van der Waals surface area (Å²) in [4.78, 5) is 11.5. The van der Waals surface area contributed by atoms with E-state index in [2.05, 4.69) is 20.8 Å². The van der Waals surface area contributed by atoms with Gasteiger partial charge in [0, 0.05) is 23.9 Å². The highest BCUT2D eigenvalue weighted by Crippen LogP contribution is 2.22. The molecule has 2 rings (SSSR count). The van der Waals surface area contributed by atoms with Crippen molar-refractivity contribution in [1.82, 2.24) is 0 Å². The molecule has 126 valence electrons. The second kappa shape index (κ2) is 7.64. The molecule has 0 radical (unpaired) electrons. The number of rotatable bonds is 8. The van der Waals surface area contributed by atoms with Crippen molar-refractivity contribution in [3.63, 3.8) is 0 Å². The Hall–Kier alpha value is -1.81. The first kappa shape index (κ1) is 17.5. The van der Waals surface area contributed by atoms with Crippen molar-refractivity contribution in [1.29, 1.82) is 0 Å². The van der Waals surface area contributed by atoms with Gasteiger partial charge in [-0.3, -0.25) is 0 Å². The van der Waals surface area contributed by atoms with Crippen LogP contribution in [-0.4, -0.2) is 37.3 Å². The summed E-state index contributed by atoms with van der Waals surface area (Å²) in [6, 6.07) is 7.22. The van der Waals surface area contributed by atoms with Gasteiger partial charge in [-0.05, 0) is 45.4 Å². The average molecular weight is 318 g/mol. The predicted octanol–water partition coefficient (Wildman–Crippen LogP) is 3.75. The molecule has 4 nitrogen and oxygen atoms in total. The number of hydrogen-bond donors (Lipinski definition) is 0. The lowest BCUT2D eigenvalue weighted by molar-refractivity contribution is -0.923. The molecule has 1 aromatic heterocycles. The summed E-state index contributed by atoms with van der Waals surface area (Å²) in [5.74, 6) is 0.758. The van der Waals surface area contributed by atoms with E-state index in [0.717, 1.165) is 53.8 Å². The van der Waals surface area contributed by atoms with E-state index in [1.54, 1.807) is 0 Å². The Kier molecular flexibility index (Phi) is 5.83. The fourth-order valence-electron chi connectivity index (χ4n) is 3.13. The molecular weight excluding hydrogens is 290 g/mol. The van der Waals surface area contributed by atoms with Gasteiger partial charge in [0.1, 0.15) is 11.3 Å². The molecule has 4 heteroatoms. The number of fused-ring (bicyclic) bond motifs is 1. The smallest absolute Gasteiger partial charge is 0.336 e. The molecule has 0 aliphatic heterocycles. The highest BCUT2D eigenvalue weighted by molar-refractivity contribution is 5.81. The van der Waals surface area contributed by atoms with E-state index in [1.807, 2.05) is 25.1 Å². The van der Waals surface area contributed by atoms with Crippen LogP contribution in [0.25, 0.3) is 11.0 Å². The van der Waals surface area contributed by atoms with E-state index in [1.165, 1.54) is 6.07 Å². The summed E-state index contributed by atoms with van der Waals surface area (Å²) in [7, 11) is 0. The summed E-state index contributed by atoms with van der Waals surface area (Å²) in [6.45, 7) is 14.0. The van der Waals surface area contributed by atoms with Gasteiger partial charge < -0.3 is 13.6 Å². The molecule has 23 heavy (non-hydrogen) atoms. The largest absolute Gasteiger partial charge is 0.493 e. The molecule has 0 amide bonds. The molecule has 0 saturated carbocycles. The number of ether oxygens (including phenoxy) is 1. The monoisotopic (exact) mass is 318 g/mol. The van der Waals surface area contributed by atoms with Crippen molar-refractivity contribution in [3.05, 3.63) is 40.2 Å². The van der Waals surface area contributed by atoms with Crippen LogP contribution in [0.5, 0.6) is 5.75 Å². The Morgan fingerprint density at radius 1 is 1.09 bits per heavy atom. The zero-order valence-corrected chi connectivity index (χ0v) is 14.7. The highest BCUT2D eigenvalue weighted by atomic mass is 16.5. The second-order valence-electron chi connectivity index (χ2n) is 6.12. The minimum absolute atomic E-state index is 0.317. The molecule has 0 atom stereocenters. The molecule has 0 unspecified atom stereocenters. The van der Waals surface area contributed by atoms with Crippen LogP contribution in [0.15, 0.2) is 33.5 Å². The van der Waals surface area contributed by atoms with Crippen LogP contribution in [-0.2, 0) is 0 Å². The number of nitrogens with zero attached hydrogens (tertiary/aromatic N) is 1. The Bertz CT molecular complexity index is 693. The predicted molar refractivity (Wildman–Crippen MR) is 94.1 cm³/mol. The van der Waals surface area contributed by atoms with Crippen LogP contribution in [0.4, 0.5) is 0 Å². The maximum absolute atomic E-state index is 11.5. The normalized spacial score (nSPS) is 11.8. The molecule has 0 bridgehead atoms. The highest BCUT2D eigenvalue weighted by Gasteiger charge is 2.19. The van der Waals surface area contributed by atoms with Crippen molar-refractivity contribution in [2.24, 2.45) is 0 Å². The fraction of sp³-hybridized carbons (Fsp3) is 0.526. The van der Waals surface area contributed by atoms with Crippen LogP contribution >= 0.6 is 0 Å². The zero-order valence-electron chi connectivity index (χ0n) is 14.7. The lowest BCUT2D eigenvalue weighted by atomic mass is 10.1. The quantitative estimate of drug-likeness (QED) is 0.423. The Morgan fingerprint density at radius 2 is 1.78 bits per heavy atom. The minimum Gasteiger partial charge on any atom is -0.493 e. The number of quaternary nitrogens is 1. The van der Waals surface area contributed by atoms with Gasteiger partial charge in [-0.2, -0.15) is 0 Å². The van der Waals surface area contributed by atoms with Gasteiger partial charge in [-0.15, -0.1) is 0 Å². The lowest BCUT2D eigenvalue weighted by Crippen LogP contribution is -2.48. The maximum atomic E-state index is 11.5. The molecule has 0 N–H and O–H groups in total. The third kappa shape index (κ3) is 4.14. The molecule has 0 saturated heterocycles. The summed E-state index contributed by atoms with van der Waals surface area (Å²) < 4.78 is 12.2. The number of aryl methyl sites for hydroxylation is 1. The van der Waals surface area contributed by atoms with E-state index in [0.29, 0.717) is 12.2 Å².